The molecule has 3 aromatic carbocycles. The maximum Gasteiger partial charge on any atom is 0.348 e. The number of halogens is 3. The third kappa shape index (κ3) is 12.2. The Morgan fingerprint density at radius 3 is 2.04 bits per heavy atom. The molecule has 0 unspecified atom stereocenters. The van der Waals surface area contributed by atoms with Crippen LogP contribution in [0, 0.1) is 16.7 Å². The maximum atomic E-state index is 14.6. The van der Waals surface area contributed by atoms with Gasteiger partial charge in [0.1, 0.15) is 46.4 Å². The molecule has 0 saturated heterocycles. The van der Waals surface area contributed by atoms with Gasteiger partial charge in [-0.1, -0.05) is 97.6 Å². The molecule has 11 nitrogen and oxygen atoms in total. The molecule has 1 atom stereocenters. The molecular weight excluding hydrogens is 1100 g/mol. The second-order valence-electron chi connectivity index (χ2n) is 21.4. The van der Waals surface area contributed by atoms with Crippen molar-refractivity contribution in [3.63, 3.8) is 0 Å². The van der Waals surface area contributed by atoms with Gasteiger partial charge in [0.2, 0.25) is 20.3 Å². The van der Waals surface area contributed by atoms with E-state index in [1.54, 1.807) is 13.3 Å². The lowest BCUT2D eigenvalue weighted by Crippen LogP contribution is -2.50. The van der Waals surface area contributed by atoms with Gasteiger partial charge in [0, 0.05) is 23.7 Å². The molecular formula is C54H69Cl2IN4O7SSi2. The minimum atomic E-state index is -2.45. The molecule has 0 aliphatic rings. The molecule has 0 spiro atoms. The number of thiophene rings is 1. The Hall–Kier alpha value is -4.01. The van der Waals surface area contributed by atoms with Crippen LogP contribution in [0.15, 0.2) is 61.1 Å². The van der Waals surface area contributed by atoms with Crippen LogP contribution in [0.25, 0.3) is 32.7 Å². The number of para-hydroxylation sites is 1. The Bertz CT molecular complexity index is 2850. The number of methoxy groups -OCH3 is 1. The van der Waals surface area contributed by atoms with Crippen molar-refractivity contribution in [1.29, 1.82) is 0 Å². The van der Waals surface area contributed by atoms with Gasteiger partial charge in [-0.05, 0) is 145 Å². The molecule has 0 saturated carbocycles. The summed E-state index contributed by atoms with van der Waals surface area (Å²) in [4.78, 5) is 34.1. The van der Waals surface area contributed by atoms with E-state index < -0.39 is 34.3 Å². The molecule has 0 aliphatic carbocycles. The van der Waals surface area contributed by atoms with Gasteiger partial charge in [-0.3, -0.25) is 0 Å². The van der Waals surface area contributed by atoms with Crippen molar-refractivity contribution in [2.45, 2.75) is 156 Å². The van der Waals surface area contributed by atoms with Gasteiger partial charge in [-0.15, -0.1) is 11.3 Å². The van der Waals surface area contributed by atoms with Crippen molar-refractivity contribution in [2.24, 2.45) is 0 Å². The van der Waals surface area contributed by atoms with Crippen LogP contribution in [0.3, 0.4) is 0 Å². The van der Waals surface area contributed by atoms with E-state index in [1.807, 2.05) is 83.1 Å². The minimum Gasteiger partial charge on any atom is -0.543 e. The fourth-order valence-electron chi connectivity index (χ4n) is 8.95. The van der Waals surface area contributed by atoms with Crippen LogP contribution in [-0.2, 0) is 22.6 Å². The number of ether oxygens (including phenoxy) is 4. The lowest BCUT2D eigenvalue weighted by molar-refractivity contribution is -0.163. The Morgan fingerprint density at radius 1 is 0.817 bits per heavy atom. The largest absolute Gasteiger partial charge is 0.543 e. The number of aromatic nitrogens is 4. The maximum absolute atomic E-state index is 14.6. The molecule has 0 fully saturated rings. The average molecular weight is 1170 g/mol. The highest BCUT2D eigenvalue weighted by atomic mass is 127. The van der Waals surface area contributed by atoms with E-state index >= 15 is 0 Å². The number of rotatable bonds is 18. The first-order valence-corrected chi connectivity index (χ1v) is 31.7. The molecule has 3 heterocycles. The summed E-state index contributed by atoms with van der Waals surface area (Å²) in [5, 5.41) is 1.46. The summed E-state index contributed by atoms with van der Waals surface area (Å²) in [7, 11) is -3.14. The second-order valence-corrected chi connectivity index (χ2v) is 35.1. The first-order chi connectivity index (χ1) is 33.1. The Kier molecular flexibility index (Phi) is 17.6. The summed E-state index contributed by atoms with van der Waals surface area (Å²) in [5.41, 5.74) is 5.37. The number of hydrogen-bond donors (Lipinski definition) is 0. The molecule has 71 heavy (non-hydrogen) atoms. The van der Waals surface area contributed by atoms with E-state index in [4.69, 9.17) is 66.0 Å². The lowest BCUT2D eigenvalue weighted by atomic mass is 9.95. The van der Waals surface area contributed by atoms with Crippen molar-refractivity contribution in [3.05, 3.63) is 96.4 Å². The number of hydrogen-bond acceptors (Lipinski definition) is 12. The van der Waals surface area contributed by atoms with Crippen molar-refractivity contribution in [1.82, 2.24) is 19.9 Å². The van der Waals surface area contributed by atoms with Crippen molar-refractivity contribution < 1.29 is 32.6 Å². The number of carbonyl (C=O) groups excluding carboxylic acids is 1. The summed E-state index contributed by atoms with van der Waals surface area (Å²) >= 11 is 18.6. The number of esters is 1. The van der Waals surface area contributed by atoms with Crippen molar-refractivity contribution in [2.75, 3.05) is 7.11 Å². The fourth-order valence-corrected chi connectivity index (χ4v) is 17.9. The van der Waals surface area contributed by atoms with Crippen LogP contribution in [0.4, 0.5) is 0 Å². The highest BCUT2D eigenvalue weighted by Gasteiger charge is 2.48. The normalized spacial score (nSPS) is 13.0. The van der Waals surface area contributed by atoms with Gasteiger partial charge in [0.05, 0.1) is 36.7 Å². The standard InChI is InChI=1S/C54H69Cl2IN4O7SSi2/c1-30(2)71(31(3)4,32(5)6)68-47-45(55)33(7)42(34(8)46(47)56)43-44-50(59-29-60-51(44)69-48(43)57)65-41(52(62)66-53(9,10)11)27-35-26-37(67-70(16,17)54(12,13)14)22-23-39(35)64-28-36-24-25-58-49(61-36)38-20-18-19-21-40(38)63-15/h18-26,29-32,41H,27-28H2,1-17H3/t41-/m1/s1. The number of nitrogens with zero attached hydrogens (tertiary/aromatic N) is 4. The molecule has 17 heteroatoms. The smallest absolute Gasteiger partial charge is 0.348 e. The summed E-state index contributed by atoms with van der Waals surface area (Å²) < 4.78 is 40.1. The summed E-state index contributed by atoms with van der Waals surface area (Å²) in [6.45, 7) is 34.0. The van der Waals surface area contributed by atoms with Crippen LogP contribution >= 0.6 is 57.1 Å². The zero-order valence-corrected chi connectivity index (χ0v) is 50.7. The first kappa shape index (κ1) is 56.3. The predicted molar refractivity (Wildman–Crippen MR) is 303 cm³/mol. The van der Waals surface area contributed by atoms with Crippen molar-refractivity contribution in [3.8, 4) is 51.4 Å². The average Bonchev–Trinajstić information content (AvgIpc) is 3.62. The predicted octanol–water partition coefficient (Wildman–Crippen LogP) is 16.2. The van der Waals surface area contributed by atoms with Crippen LogP contribution in [-0.4, -0.2) is 61.4 Å². The van der Waals surface area contributed by atoms with E-state index in [0.29, 0.717) is 77.0 Å². The van der Waals surface area contributed by atoms with E-state index in [9.17, 15) is 4.79 Å². The van der Waals surface area contributed by atoms with Gasteiger partial charge in [0.25, 0.3) is 8.32 Å². The molecule has 6 rings (SSSR count). The zero-order chi connectivity index (χ0) is 52.5. The van der Waals surface area contributed by atoms with Gasteiger partial charge in [-0.25, -0.2) is 24.7 Å². The van der Waals surface area contributed by atoms with Crippen LogP contribution in [0.2, 0.25) is 44.8 Å². The molecule has 0 radical (unpaired) electrons. The Labute approximate surface area is 450 Å². The Balaban J connectivity index is 1.46. The molecule has 0 aliphatic heterocycles. The molecule has 382 valence electrons. The minimum absolute atomic E-state index is 0.0339. The third-order valence-electron chi connectivity index (χ3n) is 13.4. The van der Waals surface area contributed by atoms with Gasteiger partial charge in [-0.2, -0.15) is 0 Å². The fraction of sp³-hybridized carbons (Fsp3) is 0.463. The summed E-state index contributed by atoms with van der Waals surface area (Å²) in [5.74, 6) is 2.48. The first-order valence-electron chi connectivity index (χ1n) is 24.0. The summed E-state index contributed by atoms with van der Waals surface area (Å²) in [6, 6.07) is 15.1. The zero-order valence-electron chi connectivity index (χ0n) is 44.2. The van der Waals surface area contributed by atoms with Crippen LogP contribution < -0.4 is 23.1 Å². The number of carbonyl (C=O) groups is 1. The topological polar surface area (TPSA) is 124 Å². The molecule has 0 bridgehead atoms. The van der Waals surface area contributed by atoms with E-state index in [1.165, 1.54) is 17.7 Å². The SMILES string of the molecule is COc1ccccc1-c1nccc(COc2ccc(O[Si](C)(C)C(C)(C)C)cc2C[C@@H](Oc2ncnc3sc(I)c(-c4c(C)c(Cl)c(O[Si](C(C)C)(C(C)C)C(C)C)c(Cl)c4C)c23)C(=O)OC(C)(C)C)n1. The summed E-state index contributed by atoms with van der Waals surface area (Å²) in [6.07, 6.45) is 1.98. The van der Waals surface area contributed by atoms with Gasteiger partial charge in [0.15, 0.2) is 5.82 Å². The van der Waals surface area contributed by atoms with Crippen molar-refractivity contribution >= 4 is 90.0 Å². The number of fused-ring (bicyclic) bond motifs is 1. The van der Waals surface area contributed by atoms with E-state index in [2.05, 4.69) is 103 Å². The molecule has 0 N–H and O–H groups in total. The van der Waals surface area contributed by atoms with Gasteiger partial charge >= 0.3 is 5.97 Å². The van der Waals surface area contributed by atoms with Gasteiger partial charge < -0.3 is 27.8 Å². The lowest BCUT2D eigenvalue weighted by Gasteiger charge is -2.43. The quantitative estimate of drug-likeness (QED) is 0.0464. The molecule has 6 aromatic rings. The highest BCUT2D eigenvalue weighted by Crippen LogP contribution is 2.53. The molecule has 0 amide bonds. The molecule has 3 aromatic heterocycles. The van der Waals surface area contributed by atoms with E-state index in [-0.39, 0.29) is 23.9 Å². The van der Waals surface area contributed by atoms with Crippen LogP contribution in [0.5, 0.6) is 28.9 Å². The Morgan fingerprint density at radius 2 is 1.45 bits per heavy atom. The van der Waals surface area contributed by atoms with Crippen LogP contribution in [0.1, 0.15) is 105 Å². The highest BCUT2D eigenvalue weighted by molar-refractivity contribution is 14.1. The third-order valence-corrected chi connectivity index (χ3v) is 26.8. The van der Waals surface area contributed by atoms with E-state index in [0.717, 1.165) is 30.7 Å². The second kappa shape index (κ2) is 22.2. The number of benzene rings is 3. The monoisotopic (exact) mass is 1170 g/mol.